The summed E-state index contributed by atoms with van der Waals surface area (Å²) in [6.45, 7) is 4.27. The highest BCUT2D eigenvalue weighted by Gasteiger charge is 2.12. The molecule has 0 atom stereocenters. The monoisotopic (exact) mass is 262 g/mol. The minimum atomic E-state index is -0.268. The van der Waals surface area contributed by atoms with Gasteiger partial charge in [0.15, 0.2) is 0 Å². The van der Waals surface area contributed by atoms with Gasteiger partial charge >= 0.3 is 0 Å². The minimum absolute atomic E-state index is 0. The summed E-state index contributed by atoms with van der Waals surface area (Å²) in [6, 6.07) is 10.0. The lowest BCUT2D eigenvalue weighted by molar-refractivity contribution is -0.114. The maximum atomic E-state index is 11.7. The van der Waals surface area contributed by atoms with Crippen LogP contribution < -0.4 is 11.9 Å². The van der Waals surface area contributed by atoms with Crippen LogP contribution in [0, 0.1) is 0 Å². The second-order valence-corrected chi connectivity index (χ2v) is 4.61. The summed E-state index contributed by atoms with van der Waals surface area (Å²) in [5.41, 5.74) is 8.74. The van der Waals surface area contributed by atoms with Crippen molar-refractivity contribution in [2.75, 3.05) is 0 Å². The van der Waals surface area contributed by atoms with Crippen molar-refractivity contribution in [2.24, 2.45) is 5.73 Å². The average Bonchev–Trinajstić information content (AvgIpc) is 2.37. The summed E-state index contributed by atoms with van der Waals surface area (Å²) in [6.07, 6.45) is 4.71. The molecule has 0 saturated carbocycles. The van der Waals surface area contributed by atoms with Gasteiger partial charge in [-0.15, -0.1) is 0 Å². The fraction of sp³-hybridized carbons (Fsp3) is 0.438. The van der Waals surface area contributed by atoms with Crippen LogP contribution in [0.25, 0.3) is 0 Å². The molecule has 0 fully saturated rings. The molecule has 0 aliphatic rings. The van der Waals surface area contributed by atoms with E-state index in [9.17, 15) is 4.79 Å². The zero-order valence-corrected chi connectivity index (χ0v) is 12.1. The van der Waals surface area contributed by atoms with Gasteiger partial charge in [-0.2, -0.15) is 0 Å². The van der Waals surface area contributed by atoms with Gasteiger partial charge in [-0.3, -0.25) is 4.79 Å². The molecule has 0 aliphatic carbocycles. The molecule has 1 aromatic rings. The Morgan fingerprint density at radius 1 is 1.05 bits per heavy atom. The second-order valence-electron chi connectivity index (χ2n) is 4.61. The van der Waals surface area contributed by atoms with Crippen LogP contribution in [-0.4, -0.2) is 5.91 Å². The number of hydrogen-bond acceptors (Lipinski definition) is 2. The zero-order valence-electron chi connectivity index (χ0n) is 12.1. The van der Waals surface area contributed by atoms with Crippen LogP contribution in [0.15, 0.2) is 41.5 Å². The van der Waals surface area contributed by atoms with Gasteiger partial charge < -0.3 is 11.9 Å². The third-order valence-corrected chi connectivity index (χ3v) is 3.05. The molecule has 5 N–H and O–H groups in total. The van der Waals surface area contributed by atoms with E-state index in [0.29, 0.717) is 6.42 Å². The Labute approximate surface area is 116 Å². The van der Waals surface area contributed by atoms with Gasteiger partial charge in [0, 0.05) is 12.0 Å². The Hall–Kier alpha value is -1.61. The van der Waals surface area contributed by atoms with Crippen LogP contribution in [-0.2, 0) is 11.2 Å². The standard InChI is InChI=1S/C16H23NO.H3N/c1-3-8-14(9-4-2)15(16(17)18)12-13-10-6-5-7-11-13;/h5-7,10-11H,3-4,8-9,12H2,1-2H3,(H2,17,18);1H3. The van der Waals surface area contributed by atoms with E-state index in [4.69, 9.17) is 5.73 Å². The van der Waals surface area contributed by atoms with Crippen LogP contribution >= 0.6 is 0 Å². The number of carbonyl (C=O) groups excluding carboxylic acids is 1. The van der Waals surface area contributed by atoms with Gasteiger partial charge in [0.25, 0.3) is 0 Å². The Balaban J connectivity index is 0.00000324. The number of benzene rings is 1. The molecule has 0 heterocycles. The smallest absolute Gasteiger partial charge is 0.244 e. The zero-order chi connectivity index (χ0) is 13.4. The van der Waals surface area contributed by atoms with Crippen molar-refractivity contribution in [3.63, 3.8) is 0 Å². The molecule has 19 heavy (non-hydrogen) atoms. The quantitative estimate of drug-likeness (QED) is 0.733. The van der Waals surface area contributed by atoms with Gasteiger partial charge in [0.2, 0.25) is 5.91 Å². The summed E-state index contributed by atoms with van der Waals surface area (Å²) in [5, 5.41) is 0. The van der Waals surface area contributed by atoms with E-state index in [1.807, 2.05) is 30.3 Å². The molecular formula is C16H26N2O. The summed E-state index contributed by atoms with van der Waals surface area (Å²) < 4.78 is 0. The van der Waals surface area contributed by atoms with Gasteiger partial charge in [0.05, 0.1) is 0 Å². The van der Waals surface area contributed by atoms with Crippen molar-refractivity contribution >= 4 is 5.91 Å². The van der Waals surface area contributed by atoms with Crippen molar-refractivity contribution in [1.82, 2.24) is 6.15 Å². The van der Waals surface area contributed by atoms with Crippen LogP contribution in [0.2, 0.25) is 0 Å². The lowest BCUT2D eigenvalue weighted by Crippen LogP contribution is -2.18. The molecule has 1 aromatic carbocycles. The first kappa shape index (κ1) is 17.4. The minimum Gasteiger partial charge on any atom is -0.366 e. The summed E-state index contributed by atoms with van der Waals surface area (Å²) >= 11 is 0. The molecule has 1 rings (SSSR count). The molecule has 0 aromatic heterocycles. The highest BCUT2D eigenvalue weighted by Crippen LogP contribution is 2.20. The second kappa shape index (κ2) is 9.34. The van der Waals surface area contributed by atoms with Crippen LogP contribution in [0.5, 0.6) is 0 Å². The Morgan fingerprint density at radius 3 is 2.00 bits per heavy atom. The van der Waals surface area contributed by atoms with E-state index in [1.165, 1.54) is 5.57 Å². The van der Waals surface area contributed by atoms with Crippen LogP contribution in [0.1, 0.15) is 45.1 Å². The first-order valence-electron chi connectivity index (χ1n) is 6.73. The number of allylic oxidation sites excluding steroid dienone is 1. The molecule has 0 aliphatic heterocycles. The number of nitrogens with two attached hydrogens (primary N) is 1. The third kappa shape index (κ3) is 5.71. The maximum Gasteiger partial charge on any atom is 0.244 e. The molecule has 3 heteroatoms. The SMILES string of the molecule is CCCC(CCC)=C(Cc1ccccc1)C(N)=O.N. The lowest BCUT2D eigenvalue weighted by Gasteiger charge is -2.12. The number of amides is 1. The predicted octanol–water partition coefficient (Wildman–Crippen LogP) is 3.77. The number of hydrogen-bond donors (Lipinski definition) is 2. The van der Waals surface area contributed by atoms with E-state index in [2.05, 4.69) is 13.8 Å². The van der Waals surface area contributed by atoms with Crippen molar-refractivity contribution in [1.29, 1.82) is 0 Å². The molecule has 3 nitrogen and oxygen atoms in total. The van der Waals surface area contributed by atoms with Gasteiger partial charge in [-0.25, -0.2) is 0 Å². The van der Waals surface area contributed by atoms with E-state index in [0.717, 1.165) is 36.8 Å². The van der Waals surface area contributed by atoms with Crippen molar-refractivity contribution in [2.45, 2.75) is 46.0 Å². The Morgan fingerprint density at radius 2 is 1.58 bits per heavy atom. The van der Waals surface area contributed by atoms with Gasteiger partial charge in [-0.05, 0) is 18.4 Å². The molecule has 0 bridgehead atoms. The summed E-state index contributed by atoms with van der Waals surface area (Å²) in [7, 11) is 0. The molecule has 0 spiro atoms. The number of rotatable bonds is 7. The molecule has 0 unspecified atom stereocenters. The predicted molar refractivity (Wildman–Crippen MR) is 81.2 cm³/mol. The number of primary amides is 1. The summed E-state index contributed by atoms with van der Waals surface area (Å²) in [4.78, 5) is 11.7. The first-order valence-corrected chi connectivity index (χ1v) is 6.73. The molecule has 0 saturated heterocycles. The van der Waals surface area contributed by atoms with Crippen LogP contribution in [0.3, 0.4) is 0 Å². The van der Waals surface area contributed by atoms with E-state index < -0.39 is 0 Å². The largest absolute Gasteiger partial charge is 0.366 e. The third-order valence-electron chi connectivity index (χ3n) is 3.05. The fourth-order valence-corrected chi connectivity index (χ4v) is 2.22. The molecule has 1 amide bonds. The van der Waals surface area contributed by atoms with Crippen LogP contribution in [0.4, 0.5) is 0 Å². The summed E-state index contributed by atoms with van der Waals surface area (Å²) in [5.74, 6) is -0.268. The first-order chi connectivity index (χ1) is 8.69. The molecular weight excluding hydrogens is 236 g/mol. The lowest BCUT2D eigenvalue weighted by atomic mass is 9.94. The van der Waals surface area contributed by atoms with Gasteiger partial charge in [-0.1, -0.05) is 62.6 Å². The highest BCUT2D eigenvalue weighted by atomic mass is 16.1. The molecule has 0 radical (unpaired) electrons. The Kier molecular flexibility index (Phi) is 8.55. The van der Waals surface area contributed by atoms with Crippen molar-refractivity contribution in [3.05, 3.63) is 47.0 Å². The topological polar surface area (TPSA) is 78.1 Å². The van der Waals surface area contributed by atoms with E-state index in [1.54, 1.807) is 0 Å². The Bertz CT molecular complexity index is 402. The van der Waals surface area contributed by atoms with Crippen molar-refractivity contribution < 1.29 is 4.79 Å². The molecule has 106 valence electrons. The van der Waals surface area contributed by atoms with E-state index >= 15 is 0 Å². The maximum absolute atomic E-state index is 11.7. The highest BCUT2D eigenvalue weighted by molar-refractivity contribution is 5.93. The van der Waals surface area contributed by atoms with E-state index in [-0.39, 0.29) is 12.1 Å². The van der Waals surface area contributed by atoms with Gasteiger partial charge in [0.1, 0.15) is 0 Å². The van der Waals surface area contributed by atoms with Crippen molar-refractivity contribution in [3.8, 4) is 0 Å². The normalized spacial score (nSPS) is 9.58. The fourth-order valence-electron chi connectivity index (χ4n) is 2.22. The number of carbonyl (C=O) groups is 1. The average molecular weight is 262 g/mol.